The summed E-state index contributed by atoms with van der Waals surface area (Å²) >= 11 is 0. The summed E-state index contributed by atoms with van der Waals surface area (Å²) in [5.41, 5.74) is 2.62. The maximum Gasteiger partial charge on any atom is 0.233 e. The Bertz CT molecular complexity index is 449. The molecule has 1 N–H and O–H groups in total. The molecule has 0 aromatic heterocycles. The number of carbonyl (C=O) groups excluding carboxylic acids is 1. The Kier molecular flexibility index (Phi) is 2.41. The van der Waals surface area contributed by atoms with Gasteiger partial charge in [0.15, 0.2) is 0 Å². The number of anilines is 1. The molecule has 3 heteroatoms. The van der Waals surface area contributed by atoms with Crippen molar-refractivity contribution in [1.82, 2.24) is 0 Å². The average molecular weight is 219 g/mol. The van der Waals surface area contributed by atoms with E-state index in [1.54, 1.807) is 0 Å². The molecule has 0 fully saturated rings. The Morgan fingerprint density at radius 3 is 2.56 bits per heavy atom. The number of carbonyl (C=O) groups is 1. The minimum absolute atomic E-state index is 0.00880. The smallest absolute Gasteiger partial charge is 0.233 e. The molecular formula is C13H17NO2. The van der Waals surface area contributed by atoms with Crippen molar-refractivity contribution < 1.29 is 9.53 Å². The second-order valence-electron chi connectivity index (χ2n) is 5.06. The van der Waals surface area contributed by atoms with E-state index in [-0.39, 0.29) is 5.91 Å². The Morgan fingerprint density at radius 2 is 1.88 bits per heavy atom. The molecule has 1 aliphatic heterocycles. The largest absolute Gasteiger partial charge is 0.490 e. The number of nitrogens with one attached hydrogen (secondary N) is 1. The minimum Gasteiger partial charge on any atom is -0.490 e. The first kappa shape index (κ1) is 11.0. The molecule has 0 spiro atoms. The summed E-state index contributed by atoms with van der Waals surface area (Å²) in [6.07, 6.45) is 0. The molecule has 1 aromatic rings. The van der Waals surface area contributed by atoms with Crippen LogP contribution in [0.1, 0.15) is 25.0 Å². The Morgan fingerprint density at radius 1 is 1.25 bits per heavy atom. The van der Waals surface area contributed by atoms with E-state index in [0.717, 1.165) is 17.0 Å². The lowest BCUT2D eigenvalue weighted by Crippen LogP contribution is -2.33. The summed E-state index contributed by atoms with van der Waals surface area (Å²) < 4.78 is 5.69. The Balaban J connectivity index is 2.45. The van der Waals surface area contributed by atoms with Gasteiger partial charge in [-0.1, -0.05) is 0 Å². The fraction of sp³-hybridized carbons (Fsp3) is 0.462. The van der Waals surface area contributed by atoms with E-state index in [1.165, 1.54) is 5.56 Å². The summed E-state index contributed by atoms with van der Waals surface area (Å²) in [5, 5.41) is 2.92. The summed E-state index contributed by atoms with van der Waals surface area (Å²) in [4.78, 5) is 11.9. The number of amides is 1. The maximum absolute atomic E-state index is 11.9. The van der Waals surface area contributed by atoms with Crippen LogP contribution >= 0.6 is 0 Å². The van der Waals surface area contributed by atoms with Crippen LogP contribution in [0.4, 0.5) is 5.69 Å². The highest BCUT2D eigenvalue weighted by atomic mass is 16.5. The van der Waals surface area contributed by atoms with Crippen LogP contribution in [0.3, 0.4) is 0 Å². The lowest BCUT2D eigenvalue weighted by atomic mass is 9.94. The van der Waals surface area contributed by atoms with E-state index >= 15 is 0 Å². The maximum atomic E-state index is 11.9. The second kappa shape index (κ2) is 3.51. The van der Waals surface area contributed by atoms with Gasteiger partial charge in [-0.05, 0) is 51.0 Å². The molecule has 3 nitrogen and oxygen atoms in total. The molecule has 1 aromatic carbocycles. The molecule has 1 amide bonds. The van der Waals surface area contributed by atoms with Crippen LogP contribution in [0, 0.1) is 19.3 Å². The van der Waals surface area contributed by atoms with Crippen molar-refractivity contribution in [3.8, 4) is 5.75 Å². The van der Waals surface area contributed by atoms with E-state index in [1.807, 2.05) is 39.8 Å². The molecule has 0 atom stereocenters. The molecule has 1 aliphatic rings. The normalized spacial score (nSPS) is 18.1. The lowest BCUT2D eigenvalue weighted by Gasteiger charge is -2.18. The highest BCUT2D eigenvalue weighted by molar-refractivity contribution is 5.97. The van der Waals surface area contributed by atoms with Crippen LogP contribution in [0.5, 0.6) is 5.75 Å². The van der Waals surface area contributed by atoms with Gasteiger partial charge in [0, 0.05) is 0 Å². The Hall–Kier alpha value is -1.51. The number of hydrogen-bond donors (Lipinski definition) is 1. The van der Waals surface area contributed by atoms with Gasteiger partial charge < -0.3 is 10.1 Å². The molecule has 0 unspecified atom stereocenters. The van der Waals surface area contributed by atoms with Crippen LogP contribution in [0.2, 0.25) is 0 Å². The average Bonchev–Trinajstić information content (AvgIpc) is 2.29. The molecule has 0 radical (unpaired) electrons. The van der Waals surface area contributed by atoms with Crippen molar-refractivity contribution in [1.29, 1.82) is 0 Å². The highest BCUT2D eigenvalue weighted by Crippen LogP contribution is 2.34. The molecule has 0 saturated heterocycles. The van der Waals surface area contributed by atoms with Crippen molar-refractivity contribution in [2.75, 3.05) is 11.9 Å². The molecule has 1 heterocycles. The number of rotatable bonds is 0. The van der Waals surface area contributed by atoms with Crippen molar-refractivity contribution in [2.45, 2.75) is 27.7 Å². The predicted molar refractivity (Wildman–Crippen MR) is 63.8 cm³/mol. The SMILES string of the molecule is Cc1cc2c(cc1C)OCC(C)(C)C(=O)N2. The van der Waals surface area contributed by atoms with Gasteiger partial charge in [-0.3, -0.25) is 4.79 Å². The van der Waals surface area contributed by atoms with Crippen LogP contribution in [-0.2, 0) is 4.79 Å². The van der Waals surface area contributed by atoms with E-state index in [4.69, 9.17) is 4.74 Å². The van der Waals surface area contributed by atoms with Crippen LogP contribution < -0.4 is 10.1 Å². The van der Waals surface area contributed by atoms with E-state index < -0.39 is 5.41 Å². The number of aryl methyl sites for hydroxylation is 2. The van der Waals surface area contributed by atoms with Gasteiger partial charge in [-0.25, -0.2) is 0 Å². The molecule has 16 heavy (non-hydrogen) atoms. The van der Waals surface area contributed by atoms with Crippen molar-refractivity contribution >= 4 is 11.6 Å². The van der Waals surface area contributed by atoms with Crippen molar-refractivity contribution in [3.63, 3.8) is 0 Å². The van der Waals surface area contributed by atoms with E-state index in [9.17, 15) is 4.79 Å². The molecule has 0 aliphatic carbocycles. The highest BCUT2D eigenvalue weighted by Gasteiger charge is 2.32. The monoisotopic (exact) mass is 219 g/mol. The van der Waals surface area contributed by atoms with Gasteiger partial charge in [0.1, 0.15) is 12.4 Å². The number of hydrogen-bond acceptors (Lipinski definition) is 2. The molecule has 86 valence electrons. The van der Waals surface area contributed by atoms with Crippen LogP contribution in [0.25, 0.3) is 0 Å². The van der Waals surface area contributed by atoms with Gasteiger partial charge in [-0.15, -0.1) is 0 Å². The van der Waals surface area contributed by atoms with Crippen molar-refractivity contribution in [2.24, 2.45) is 5.41 Å². The molecule has 0 saturated carbocycles. The lowest BCUT2D eigenvalue weighted by molar-refractivity contribution is -0.124. The third-order valence-corrected chi connectivity index (χ3v) is 3.05. The zero-order valence-electron chi connectivity index (χ0n) is 10.2. The van der Waals surface area contributed by atoms with Crippen LogP contribution in [0.15, 0.2) is 12.1 Å². The van der Waals surface area contributed by atoms with Gasteiger partial charge in [0.25, 0.3) is 0 Å². The fourth-order valence-electron chi connectivity index (χ4n) is 1.62. The number of benzene rings is 1. The quantitative estimate of drug-likeness (QED) is 0.728. The zero-order chi connectivity index (χ0) is 11.9. The number of ether oxygens (including phenoxy) is 1. The minimum atomic E-state index is -0.485. The third-order valence-electron chi connectivity index (χ3n) is 3.05. The molecule has 0 bridgehead atoms. The van der Waals surface area contributed by atoms with E-state index in [2.05, 4.69) is 5.32 Å². The van der Waals surface area contributed by atoms with Gasteiger partial charge in [0.05, 0.1) is 11.1 Å². The van der Waals surface area contributed by atoms with Crippen LogP contribution in [-0.4, -0.2) is 12.5 Å². The summed E-state index contributed by atoms with van der Waals surface area (Å²) in [6.45, 7) is 8.24. The second-order valence-corrected chi connectivity index (χ2v) is 5.06. The van der Waals surface area contributed by atoms with Crippen molar-refractivity contribution in [3.05, 3.63) is 23.3 Å². The third kappa shape index (κ3) is 1.77. The van der Waals surface area contributed by atoms with E-state index in [0.29, 0.717) is 6.61 Å². The molecular weight excluding hydrogens is 202 g/mol. The fourth-order valence-corrected chi connectivity index (χ4v) is 1.62. The summed E-state index contributed by atoms with van der Waals surface area (Å²) in [5.74, 6) is 0.775. The molecule has 2 rings (SSSR count). The number of fused-ring (bicyclic) bond motifs is 1. The van der Waals surface area contributed by atoms with Gasteiger partial charge in [0.2, 0.25) is 5.91 Å². The Labute approximate surface area is 95.8 Å². The first-order valence-electron chi connectivity index (χ1n) is 5.46. The zero-order valence-corrected chi connectivity index (χ0v) is 10.2. The predicted octanol–water partition coefficient (Wildman–Crippen LogP) is 2.66. The summed E-state index contributed by atoms with van der Waals surface area (Å²) in [6, 6.07) is 3.94. The topological polar surface area (TPSA) is 38.3 Å². The first-order chi connectivity index (χ1) is 7.40. The standard InChI is InChI=1S/C13H17NO2/c1-8-5-10-11(6-9(8)2)16-7-13(3,4)12(15)14-10/h5-6H,7H2,1-4H3,(H,14,15). The summed E-state index contributed by atoms with van der Waals surface area (Å²) in [7, 11) is 0. The van der Waals surface area contributed by atoms with Gasteiger partial charge >= 0.3 is 0 Å². The first-order valence-corrected chi connectivity index (χ1v) is 5.46. The van der Waals surface area contributed by atoms with Gasteiger partial charge in [-0.2, -0.15) is 0 Å².